The highest BCUT2D eigenvalue weighted by Crippen LogP contribution is 2.18. The van der Waals surface area contributed by atoms with Crippen molar-refractivity contribution >= 4 is 11.2 Å². The summed E-state index contributed by atoms with van der Waals surface area (Å²) in [6.45, 7) is 7.04. The molecule has 4 nitrogen and oxygen atoms in total. The van der Waals surface area contributed by atoms with Crippen molar-refractivity contribution in [1.82, 2.24) is 14.5 Å². The number of pyridine rings is 1. The van der Waals surface area contributed by atoms with E-state index in [2.05, 4.69) is 40.5 Å². The van der Waals surface area contributed by atoms with Gasteiger partial charge in [-0.1, -0.05) is 13.8 Å². The Morgan fingerprint density at radius 1 is 1.44 bits per heavy atom. The fourth-order valence-electron chi connectivity index (χ4n) is 2.08. The minimum absolute atomic E-state index is 0.492. The first-order valence-electron chi connectivity index (χ1n) is 6.30. The molecular formula is C14H18N4. The molecule has 2 heterocycles. The summed E-state index contributed by atoms with van der Waals surface area (Å²) in [6, 6.07) is 4.24. The molecule has 0 aromatic carbocycles. The van der Waals surface area contributed by atoms with E-state index in [-0.39, 0.29) is 0 Å². The van der Waals surface area contributed by atoms with Gasteiger partial charge in [0.15, 0.2) is 5.65 Å². The standard InChI is InChI=1S/C14H18N4/c1-10(2)7-13-17-12-8-11(3)9-16-14(12)18(13)6-4-5-15/h8-10H,4,6-7H2,1-3H3. The maximum absolute atomic E-state index is 8.75. The van der Waals surface area contributed by atoms with Crippen LogP contribution in [-0.4, -0.2) is 14.5 Å². The fraction of sp³-hybridized carbons (Fsp3) is 0.500. The number of nitrogens with zero attached hydrogens (tertiary/aromatic N) is 4. The van der Waals surface area contributed by atoms with E-state index in [1.165, 1.54) is 0 Å². The van der Waals surface area contributed by atoms with Crippen molar-refractivity contribution in [1.29, 1.82) is 5.26 Å². The predicted molar refractivity (Wildman–Crippen MR) is 71.0 cm³/mol. The second-order valence-corrected chi connectivity index (χ2v) is 5.04. The van der Waals surface area contributed by atoms with Gasteiger partial charge in [0.05, 0.1) is 12.5 Å². The van der Waals surface area contributed by atoms with Crippen LogP contribution in [0.5, 0.6) is 0 Å². The Morgan fingerprint density at radius 2 is 2.22 bits per heavy atom. The van der Waals surface area contributed by atoms with E-state index in [1.807, 2.05) is 13.1 Å². The van der Waals surface area contributed by atoms with E-state index < -0.39 is 0 Å². The van der Waals surface area contributed by atoms with E-state index in [0.717, 1.165) is 29.0 Å². The summed E-state index contributed by atoms with van der Waals surface area (Å²) in [5.41, 5.74) is 2.94. The highest BCUT2D eigenvalue weighted by molar-refractivity contribution is 5.72. The second-order valence-electron chi connectivity index (χ2n) is 5.04. The molecular weight excluding hydrogens is 224 g/mol. The Hall–Kier alpha value is -1.89. The first-order valence-corrected chi connectivity index (χ1v) is 6.30. The molecule has 94 valence electrons. The molecule has 2 aromatic heterocycles. The molecule has 0 fully saturated rings. The summed E-state index contributed by atoms with van der Waals surface area (Å²) >= 11 is 0. The van der Waals surface area contributed by atoms with Crippen LogP contribution in [0.25, 0.3) is 11.2 Å². The van der Waals surface area contributed by atoms with Gasteiger partial charge in [-0.2, -0.15) is 5.26 Å². The predicted octanol–water partition coefficient (Wildman–Crippen LogP) is 2.85. The SMILES string of the molecule is Cc1cnc2c(c1)nc(CC(C)C)n2CCC#N. The van der Waals surface area contributed by atoms with Gasteiger partial charge in [0.25, 0.3) is 0 Å². The first kappa shape index (κ1) is 12.6. The quantitative estimate of drug-likeness (QED) is 0.828. The molecule has 4 heteroatoms. The van der Waals surface area contributed by atoms with Crippen LogP contribution in [0, 0.1) is 24.2 Å². The van der Waals surface area contributed by atoms with Crippen LogP contribution in [0.1, 0.15) is 31.7 Å². The zero-order chi connectivity index (χ0) is 13.1. The van der Waals surface area contributed by atoms with Crippen LogP contribution >= 0.6 is 0 Å². The summed E-state index contributed by atoms with van der Waals surface area (Å²) in [5.74, 6) is 1.58. The Bertz CT molecular complexity index is 590. The Labute approximate surface area is 107 Å². The van der Waals surface area contributed by atoms with Crippen molar-refractivity contribution in [3.63, 3.8) is 0 Å². The van der Waals surface area contributed by atoms with Gasteiger partial charge in [-0.25, -0.2) is 9.97 Å². The largest absolute Gasteiger partial charge is 0.312 e. The maximum atomic E-state index is 8.75. The molecule has 0 radical (unpaired) electrons. The summed E-state index contributed by atoms with van der Waals surface area (Å²) in [5, 5.41) is 8.75. The van der Waals surface area contributed by atoms with Crippen LogP contribution in [0.3, 0.4) is 0 Å². The summed E-state index contributed by atoms with van der Waals surface area (Å²) < 4.78 is 2.08. The molecule has 0 N–H and O–H groups in total. The van der Waals surface area contributed by atoms with Crippen molar-refractivity contribution < 1.29 is 0 Å². The van der Waals surface area contributed by atoms with Crippen LogP contribution in [0.2, 0.25) is 0 Å². The van der Waals surface area contributed by atoms with Crippen molar-refractivity contribution in [3.05, 3.63) is 23.7 Å². The molecule has 0 aliphatic rings. The molecule has 0 bridgehead atoms. The van der Waals surface area contributed by atoms with Crippen LogP contribution in [-0.2, 0) is 13.0 Å². The van der Waals surface area contributed by atoms with Crippen LogP contribution < -0.4 is 0 Å². The number of hydrogen-bond donors (Lipinski definition) is 0. The second kappa shape index (κ2) is 5.18. The molecule has 2 aromatic rings. The van der Waals surface area contributed by atoms with Crippen molar-refractivity contribution in [2.24, 2.45) is 5.92 Å². The van der Waals surface area contributed by atoms with E-state index in [4.69, 9.17) is 5.26 Å². The molecule has 2 rings (SSSR count). The lowest BCUT2D eigenvalue weighted by atomic mass is 10.1. The average Bonchev–Trinajstić information content (AvgIpc) is 2.62. The Balaban J connectivity index is 2.49. The molecule has 0 amide bonds. The first-order chi connectivity index (χ1) is 8.61. The molecule has 0 aliphatic carbocycles. The normalized spacial score (nSPS) is 11.1. The van der Waals surface area contributed by atoms with E-state index in [9.17, 15) is 0 Å². The van der Waals surface area contributed by atoms with Gasteiger partial charge in [-0.15, -0.1) is 0 Å². The Morgan fingerprint density at radius 3 is 2.89 bits per heavy atom. The lowest BCUT2D eigenvalue weighted by molar-refractivity contribution is 0.580. The molecule has 0 unspecified atom stereocenters. The van der Waals surface area contributed by atoms with Gasteiger partial charge in [0, 0.05) is 19.2 Å². The molecule has 0 spiro atoms. The lowest BCUT2D eigenvalue weighted by Crippen LogP contribution is -2.07. The third-order valence-corrected chi connectivity index (χ3v) is 2.84. The van der Waals surface area contributed by atoms with Gasteiger partial charge < -0.3 is 4.57 Å². The summed E-state index contributed by atoms with van der Waals surface area (Å²) in [7, 11) is 0. The number of aromatic nitrogens is 3. The molecule has 0 atom stereocenters. The van der Waals surface area contributed by atoms with E-state index in [1.54, 1.807) is 0 Å². The van der Waals surface area contributed by atoms with Gasteiger partial charge in [0.1, 0.15) is 11.3 Å². The van der Waals surface area contributed by atoms with Crippen molar-refractivity contribution in [3.8, 4) is 6.07 Å². The topological polar surface area (TPSA) is 54.5 Å². The zero-order valence-electron chi connectivity index (χ0n) is 11.1. The smallest absolute Gasteiger partial charge is 0.160 e. The highest BCUT2D eigenvalue weighted by Gasteiger charge is 2.12. The number of rotatable bonds is 4. The third kappa shape index (κ3) is 2.51. The molecule has 0 aliphatic heterocycles. The molecule has 0 saturated heterocycles. The monoisotopic (exact) mass is 242 g/mol. The summed E-state index contributed by atoms with van der Waals surface area (Å²) in [4.78, 5) is 9.11. The average molecular weight is 242 g/mol. The van der Waals surface area contributed by atoms with Gasteiger partial charge in [-0.05, 0) is 24.5 Å². The van der Waals surface area contributed by atoms with Crippen LogP contribution in [0.4, 0.5) is 0 Å². The van der Waals surface area contributed by atoms with Crippen molar-refractivity contribution in [2.75, 3.05) is 0 Å². The summed E-state index contributed by atoms with van der Waals surface area (Å²) in [6.07, 6.45) is 3.26. The zero-order valence-corrected chi connectivity index (χ0v) is 11.1. The minimum atomic E-state index is 0.492. The van der Waals surface area contributed by atoms with Crippen molar-refractivity contribution in [2.45, 2.75) is 40.2 Å². The number of hydrogen-bond acceptors (Lipinski definition) is 3. The number of imidazole rings is 1. The highest BCUT2D eigenvalue weighted by atomic mass is 15.1. The van der Waals surface area contributed by atoms with Crippen LogP contribution in [0.15, 0.2) is 12.3 Å². The number of aryl methyl sites for hydroxylation is 2. The van der Waals surface area contributed by atoms with E-state index >= 15 is 0 Å². The molecule has 18 heavy (non-hydrogen) atoms. The molecule has 0 saturated carbocycles. The van der Waals surface area contributed by atoms with Gasteiger partial charge in [-0.3, -0.25) is 0 Å². The lowest BCUT2D eigenvalue weighted by Gasteiger charge is -2.08. The number of nitriles is 1. The Kier molecular flexibility index (Phi) is 3.61. The minimum Gasteiger partial charge on any atom is -0.312 e. The maximum Gasteiger partial charge on any atom is 0.160 e. The fourth-order valence-corrected chi connectivity index (χ4v) is 2.08. The van der Waals surface area contributed by atoms with Gasteiger partial charge >= 0.3 is 0 Å². The van der Waals surface area contributed by atoms with Gasteiger partial charge in [0.2, 0.25) is 0 Å². The van der Waals surface area contributed by atoms with E-state index in [0.29, 0.717) is 18.9 Å². The third-order valence-electron chi connectivity index (χ3n) is 2.84. The number of fused-ring (bicyclic) bond motifs is 1.